The molecule has 1 aromatic carbocycles. The van der Waals surface area contributed by atoms with Crippen molar-refractivity contribution in [3.8, 4) is 11.6 Å². The van der Waals surface area contributed by atoms with Gasteiger partial charge in [-0.05, 0) is 24.6 Å². The van der Waals surface area contributed by atoms with Crippen molar-refractivity contribution in [1.29, 1.82) is 0 Å². The van der Waals surface area contributed by atoms with Gasteiger partial charge in [-0.2, -0.15) is 0 Å². The fourth-order valence-corrected chi connectivity index (χ4v) is 1.57. The molecular weight excluding hydrogens is 264 g/mol. The third kappa shape index (κ3) is 2.89. The van der Waals surface area contributed by atoms with Crippen LogP contribution in [0.15, 0.2) is 36.5 Å². The lowest BCUT2D eigenvalue weighted by Gasteiger charge is -2.06. The molecule has 0 atom stereocenters. The molecule has 102 valence electrons. The fourth-order valence-electron chi connectivity index (χ4n) is 1.57. The molecule has 0 bridgehead atoms. The topological polar surface area (TPSA) is 103 Å². The maximum atomic E-state index is 11.0. The van der Waals surface area contributed by atoms with Crippen LogP contribution in [0.1, 0.15) is 15.9 Å². The summed E-state index contributed by atoms with van der Waals surface area (Å²) in [5, 5.41) is 19.8. The Morgan fingerprint density at radius 1 is 1.35 bits per heavy atom. The highest BCUT2D eigenvalue weighted by Gasteiger charge is 2.16. The van der Waals surface area contributed by atoms with E-state index >= 15 is 0 Å². The van der Waals surface area contributed by atoms with Crippen molar-refractivity contribution in [3.63, 3.8) is 0 Å². The molecule has 0 aliphatic heterocycles. The number of benzene rings is 1. The van der Waals surface area contributed by atoms with E-state index in [2.05, 4.69) is 4.98 Å². The summed E-state index contributed by atoms with van der Waals surface area (Å²) in [4.78, 5) is 25.0. The maximum Gasteiger partial charge on any atom is 0.335 e. The van der Waals surface area contributed by atoms with Crippen LogP contribution in [-0.2, 0) is 0 Å². The van der Waals surface area contributed by atoms with Gasteiger partial charge in [0.1, 0.15) is 0 Å². The molecule has 2 aromatic rings. The SMILES string of the molecule is Cc1ccc(Oc2cc(C(=O)O)ccn2)c([N+](=O)[O-])c1. The molecule has 20 heavy (non-hydrogen) atoms. The van der Waals surface area contributed by atoms with Gasteiger partial charge in [0.25, 0.3) is 0 Å². The first kappa shape index (κ1) is 13.5. The summed E-state index contributed by atoms with van der Waals surface area (Å²) in [6, 6.07) is 6.98. The Kier molecular flexibility index (Phi) is 3.60. The monoisotopic (exact) mass is 274 g/mol. The summed E-state index contributed by atoms with van der Waals surface area (Å²) in [5.74, 6) is -1.14. The maximum absolute atomic E-state index is 11.0. The second-order valence-electron chi connectivity index (χ2n) is 4.02. The highest BCUT2D eigenvalue weighted by Crippen LogP contribution is 2.31. The van der Waals surface area contributed by atoms with Crippen LogP contribution in [0.5, 0.6) is 11.6 Å². The van der Waals surface area contributed by atoms with E-state index in [0.717, 1.165) is 5.56 Å². The Morgan fingerprint density at radius 2 is 2.10 bits per heavy atom. The number of nitrogens with zero attached hydrogens (tertiary/aromatic N) is 2. The number of nitro groups is 1. The molecule has 0 spiro atoms. The number of hydrogen-bond donors (Lipinski definition) is 1. The lowest BCUT2D eigenvalue weighted by Crippen LogP contribution is -1.99. The Hall–Kier alpha value is -2.96. The third-order valence-corrected chi connectivity index (χ3v) is 2.51. The average molecular weight is 274 g/mol. The van der Waals surface area contributed by atoms with Crippen LogP contribution >= 0.6 is 0 Å². The summed E-state index contributed by atoms with van der Waals surface area (Å²) >= 11 is 0. The van der Waals surface area contributed by atoms with Crippen LogP contribution in [0.4, 0.5) is 5.69 Å². The summed E-state index contributed by atoms with van der Waals surface area (Å²) in [6.45, 7) is 1.72. The number of rotatable bonds is 4. The standard InChI is InChI=1S/C13H10N2O5/c1-8-2-3-11(10(6-8)15(18)19)20-12-7-9(13(16)17)4-5-14-12/h2-7H,1H3,(H,16,17). The first-order valence-corrected chi connectivity index (χ1v) is 5.59. The number of hydrogen-bond acceptors (Lipinski definition) is 5. The van der Waals surface area contributed by atoms with E-state index in [0.29, 0.717) is 0 Å². The van der Waals surface area contributed by atoms with Gasteiger partial charge < -0.3 is 9.84 Å². The van der Waals surface area contributed by atoms with Crippen LogP contribution in [0.25, 0.3) is 0 Å². The lowest BCUT2D eigenvalue weighted by atomic mass is 10.2. The van der Waals surface area contributed by atoms with Crippen LogP contribution in [0.2, 0.25) is 0 Å². The third-order valence-electron chi connectivity index (χ3n) is 2.51. The summed E-state index contributed by atoms with van der Waals surface area (Å²) in [7, 11) is 0. The van der Waals surface area contributed by atoms with Crippen LogP contribution in [-0.4, -0.2) is 21.0 Å². The second kappa shape index (κ2) is 5.35. The van der Waals surface area contributed by atoms with E-state index in [9.17, 15) is 14.9 Å². The van der Waals surface area contributed by atoms with Crippen molar-refractivity contribution in [1.82, 2.24) is 4.98 Å². The van der Waals surface area contributed by atoms with Crippen molar-refractivity contribution in [3.05, 3.63) is 57.8 Å². The average Bonchev–Trinajstić information content (AvgIpc) is 2.41. The minimum absolute atomic E-state index is 0.00948. The Balaban J connectivity index is 2.37. The predicted molar refractivity (Wildman–Crippen MR) is 69.1 cm³/mol. The van der Waals surface area contributed by atoms with Gasteiger partial charge in [0.2, 0.25) is 11.6 Å². The minimum atomic E-state index is -1.13. The highest BCUT2D eigenvalue weighted by molar-refractivity contribution is 5.87. The number of carboxylic acid groups (broad SMARTS) is 1. The van der Waals surface area contributed by atoms with Crippen LogP contribution in [0.3, 0.4) is 0 Å². The number of ether oxygens (including phenoxy) is 1. The quantitative estimate of drug-likeness (QED) is 0.679. The first-order chi connectivity index (χ1) is 9.47. The fraction of sp³-hybridized carbons (Fsp3) is 0.0769. The van der Waals surface area contributed by atoms with Gasteiger partial charge in [-0.25, -0.2) is 9.78 Å². The van der Waals surface area contributed by atoms with Crippen LogP contribution in [0, 0.1) is 17.0 Å². The zero-order valence-corrected chi connectivity index (χ0v) is 10.4. The van der Waals surface area contributed by atoms with E-state index in [1.807, 2.05) is 0 Å². The molecule has 0 saturated carbocycles. The molecule has 7 nitrogen and oxygen atoms in total. The molecule has 0 aliphatic rings. The van der Waals surface area contributed by atoms with Gasteiger partial charge in [-0.3, -0.25) is 10.1 Å². The number of nitro benzene ring substituents is 1. The largest absolute Gasteiger partial charge is 0.478 e. The van der Waals surface area contributed by atoms with Crippen molar-refractivity contribution >= 4 is 11.7 Å². The molecule has 1 heterocycles. The van der Waals surface area contributed by atoms with Gasteiger partial charge in [-0.15, -0.1) is 0 Å². The van der Waals surface area contributed by atoms with Gasteiger partial charge >= 0.3 is 11.7 Å². The zero-order valence-electron chi connectivity index (χ0n) is 10.4. The molecular formula is C13H10N2O5. The van der Waals surface area contributed by atoms with Crippen molar-refractivity contribution in [2.75, 3.05) is 0 Å². The van der Waals surface area contributed by atoms with Crippen molar-refractivity contribution < 1.29 is 19.6 Å². The first-order valence-electron chi connectivity index (χ1n) is 5.59. The highest BCUT2D eigenvalue weighted by atomic mass is 16.6. The van der Waals surface area contributed by atoms with Gasteiger partial charge in [-0.1, -0.05) is 6.07 Å². The van der Waals surface area contributed by atoms with Gasteiger partial charge in [0, 0.05) is 18.3 Å². The number of aromatic carboxylic acids is 1. The molecule has 0 aliphatic carbocycles. The van der Waals surface area contributed by atoms with E-state index in [1.165, 1.54) is 30.5 Å². The smallest absolute Gasteiger partial charge is 0.335 e. The normalized spacial score (nSPS) is 10.1. The second-order valence-corrected chi connectivity index (χ2v) is 4.02. The zero-order chi connectivity index (χ0) is 14.7. The Bertz CT molecular complexity index is 684. The van der Waals surface area contributed by atoms with Gasteiger partial charge in [0.05, 0.1) is 10.5 Å². The number of carboxylic acids is 1. The minimum Gasteiger partial charge on any atom is -0.478 e. The molecule has 2 rings (SSSR count). The van der Waals surface area contributed by atoms with Crippen molar-refractivity contribution in [2.45, 2.75) is 6.92 Å². The van der Waals surface area contributed by atoms with E-state index in [-0.39, 0.29) is 22.9 Å². The summed E-state index contributed by atoms with van der Waals surface area (Å²) in [5.41, 5.74) is 0.508. The number of pyridine rings is 1. The predicted octanol–water partition coefficient (Wildman–Crippen LogP) is 2.79. The van der Waals surface area contributed by atoms with E-state index in [1.54, 1.807) is 13.0 Å². The molecule has 1 N–H and O–H groups in total. The molecule has 1 aromatic heterocycles. The van der Waals surface area contributed by atoms with E-state index in [4.69, 9.17) is 9.84 Å². The van der Waals surface area contributed by atoms with E-state index < -0.39 is 10.9 Å². The molecule has 0 saturated heterocycles. The molecule has 0 amide bonds. The van der Waals surface area contributed by atoms with Crippen LogP contribution < -0.4 is 4.74 Å². The Labute approximate surface area is 113 Å². The summed E-state index contributed by atoms with van der Waals surface area (Å²) in [6.07, 6.45) is 1.26. The lowest BCUT2D eigenvalue weighted by molar-refractivity contribution is -0.385. The number of aryl methyl sites for hydroxylation is 1. The molecule has 0 unspecified atom stereocenters. The number of carbonyl (C=O) groups is 1. The van der Waals surface area contributed by atoms with Gasteiger partial charge in [0.15, 0.2) is 0 Å². The summed E-state index contributed by atoms with van der Waals surface area (Å²) < 4.78 is 5.30. The molecule has 0 radical (unpaired) electrons. The van der Waals surface area contributed by atoms with Crippen molar-refractivity contribution in [2.24, 2.45) is 0 Å². The molecule has 0 fully saturated rings. The molecule has 7 heteroatoms. The number of aromatic nitrogens is 1. The Morgan fingerprint density at radius 3 is 2.75 bits per heavy atom.